The second-order valence-corrected chi connectivity index (χ2v) is 11.6. The summed E-state index contributed by atoms with van der Waals surface area (Å²) >= 11 is 0. The monoisotopic (exact) mass is 753 g/mol. The SMILES string of the molecule is CCCC1(C(=O)CNC(=O)c2ccc(Nc3noc(C(F)(F)F)n3)cc2)C(C(=O)c2ccc(Nc3noc(C(F)(F)F)n3)cc2)NCCN1CC(=O)O. The molecule has 2 atom stereocenters. The first-order valence-corrected chi connectivity index (χ1v) is 15.6. The highest BCUT2D eigenvalue weighted by Crippen LogP contribution is 2.33. The molecule has 5 N–H and O–H groups in total. The van der Waals surface area contributed by atoms with Crippen LogP contribution in [0.3, 0.4) is 0 Å². The van der Waals surface area contributed by atoms with Gasteiger partial charge >= 0.3 is 30.1 Å². The van der Waals surface area contributed by atoms with Crippen LogP contribution in [0.15, 0.2) is 57.6 Å². The summed E-state index contributed by atoms with van der Waals surface area (Å²) in [5.74, 6) is -7.31. The molecule has 5 rings (SSSR count). The van der Waals surface area contributed by atoms with Gasteiger partial charge in [0.1, 0.15) is 5.54 Å². The van der Waals surface area contributed by atoms with Crippen molar-refractivity contribution in [3.05, 3.63) is 71.4 Å². The molecule has 1 aliphatic heterocycles. The Kier molecular flexibility index (Phi) is 11.1. The molecule has 53 heavy (non-hydrogen) atoms. The Morgan fingerprint density at radius 3 is 1.83 bits per heavy atom. The normalized spacial score (nSPS) is 18.0. The molecule has 4 aromatic rings. The minimum Gasteiger partial charge on any atom is -0.480 e. The zero-order valence-corrected chi connectivity index (χ0v) is 27.3. The Balaban J connectivity index is 1.31. The number of hydrogen-bond acceptors (Lipinski definition) is 14. The van der Waals surface area contributed by atoms with E-state index in [0.29, 0.717) is 6.42 Å². The number of anilines is 4. The number of aromatic nitrogens is 4. The summed E-state index contributed by atoms with van der Waals surface area (Å²) in [6.45, 7) is 0.729. The number of piperazine rings is 1. The summed E-state index contributed by atoms with van der Waals surface area (Å²) in [5.41, 5.74) is -1.19. The molecule has 2 aromatic carbocycles. The van der Waals surface area contributed by atoms with E-state index in [1.807, 2.05) is 0 Å². The van der Waals surface area contributed by atoms with E-state index < -0.39 is 84.1 Å². The fourth-order valence-corrected chi connectivity index (χ4v) is 5.79. The smallest absolute Gasteiger partial charge is 0.471 e. The topological polar surface area (TPSA) is 218 Å². The number of benzene rings is 2. The lowest BCUT2D eigenvalue weighted by Crippen LogP contribution is -2.74. The van der Waals surface area contributed by atoms with Gasteiger partial charge in [0.25, 0.3) is 17.8 Å². The van der Waals surface area contributed by atoms with E-state index >= 15 is 0 Å². The van der Waals surface area contributed by atoms with Gasteiger partial charge in [-0.1, -0.05) is 13.3 Å². The number of Topliss-reactive ketones (excluding diaryl/α,β-unsaturated/α-hetero) is 2. The fraction of sp³-hybridized carbons (Fsp3) is 0.355. The number of amides is 1. The molecule has 3 heterocycles. The third-order valence-electron chi connectivity index (χ3n) is 8.05. The molecule has 0 spiro atoms. The number of nitrogens with zero attached hydrogens (tertiary/aromatic N) is 5. The molecule has 1 saturated heterocycles. The van der Waals surface area contributed by atoms with Crippen molar-refractivity contribution in [3.63, 3.8) is 0 Å². The average Bonchev–Trinajstić information content (AvgIpc) is 3.78. The van der Waals surface area contributed by atoms with E-state index in [1.54, 1.807) is 6.92 Å². The number of ketones is 2. The van der Waals surface area contributed by atoms with Gasteiger partial charge in [-0.25, -0.2) is 0 Å². The van der Waals surface area contributed by atoms with Gasteiger partial charge in [0.15, 0.2) is 11.6 Å². The molecule has 282 valence electrons. The molecule has 0 aliphatic carbocycles. The zero-order valence-electron chi connectivity index (χ0n) is 27.3. The number of nitrogens with one attached hydrogen (secondary N) is 4. The molecule has 1 fully saturated rings. The van der Waals surface area contributed by atoms with Crippen LogP contribution < -0.4 is 21.3 Å². The van der Waals surface area contributed by atoms with Crippen LogP contribution in [0.5, 0.6) is 0 Å². The highest BCUT2D eigenvalue weighted by Gasteiger charge is 2.54. The molecule has 22 heteroatoms. The molecule has 1 amide bonds. The maximum atomic E-state index is 14.2. The van der Waals surface area contributed by atoms with Crippen molar-refractivity contribution in [2.24, 2.45) is 0 Å². The van der Waals surface area contributed by atoms with Gasteiger partial charge in [0, 0.05) is 35.6 Å². The Morgan fingerprint density at radius 2 is 1.38 bits per heavy atom. The van der Waals surface area contributed by atoms with E-state index in [1.165, 1.54) is 53.4 Å². The molecule has 1 aliphatic rings. The molecule has 0 bridgehead atoms. The van der Waals surface area contributed by atoms with Crippen LogP contribution in [-0.4, -0.2) is 91.5 Å². The van der Waals surface area contributed by atoms with E-state index in [4.69, 9.17) is 0 Å². The summed E-state index contributed by atoms with van der Waals surface area (Å²) in [6.07, 6.45) is -9.35. The summed E-state index contributed by atoms with van der Waals surface area (Å²) < 4.78 is 85.0. The lowest BCUT2D eigenvalue weighted by Gasteiger charge is -2.50. The van der Waals surface area contributed by atoms with Crippen LogP contribution in [0.2, 0.25) is 0 Å². The lowest BCUT2D eigenvalue weighted by molar-refractivity contribution is -0.160. The number of carboxylic acids is 1. The van der Waals surface area contributed by atoms with Crippen molar-refractivity contribution in [2.45, 2.75) is 43.7 Å². The maximum absolute atomic E-state index is 14.2. The second-order valence-electron chi connectivity index (χ2n) is 11.6. The van der Waals surface area contributed by atoms with Crippen LogP contribution in [0.1, 0.15) is 52.3 Å². The van der Waals surface area contributed by atoms with E-state index in [9.17, 15) is 50.6 Å². The Hall–Kier alpha value is -5.90. The fourth-order valence-electron chi connectivity index (χ4n) is 5.79. The van der Waals surface area contributed by atoms with Crippen molar-refractivity contribution in [1.29, 1.82) is 0 Å². The van der Waals surface area contributed by atoms with Gasteiger partial charge in [-0.2, -0.15) is 36.3 Å². The number of halogens is 6. The van der Waals surface area contributed by atoms with Gasteiger partial charge in [-0.05, 0) is 65.3 Å². The largest absolute Gasteiger partial charge is 0.480 e. The lowest BCUT2D eigenvalue weighted by atomic mass is 9.75. The minimum atomic E-state index is -4.85. The molecule has 16 nitrogen and oxygen atoms in total. The van der Waals surface area contributed by atoms with E-state index in [2.05, 4.69) is 50.6 Å². The van der Waals surface area contributed by atoms with Crippen molar-refractivity contribution < 1.29 is 59.7 Å². The van der Waals surface area contributed by atoms with Crippen LogP contribution in [-0.2, 0) is 21.9 Å². The molecule has 0 saturated carbocycles. The minimum absolute atomic E-state index is 0.0178. The first-order valence-electron chi connectivity index (χ1n) is 15.6. The number of rotatable bonds is 14. The highest BCUT2D eigenvalue weighted by atomic mass is 19.4. The molecular formula is C31H29F6N9O7. The van der Waals surface area contributed by atoms with Crippen LogP contribution >= 0.6 is 0 Å². The standard InChI is InChI=1S/C31H29F6N9O7/c1-2-11-29(20(47)14-39-24(51)17-5-9-19(10-6-17)41-28-43-26(53-45-28)31(35,36)37)23(38-12-13-46(29)15-21(48)49)22(50)16-3-7-18(8-4-16)40-27-42-25(52-44-27)30(32,33)34/h3-10,23,38H,2,11-15H2,1H3,(H,39,51)(H,40,44)(H,41,45)(H,48,49). The van der Waals surface area contributed by atoms with Gasteiger partial charge in [-0.15, -0.1) is 0 Å². The molecule has 2 aromatic heterocycles. The molecule has 2 unspecified atom stereocenters. The molecule has 0 radical (unpaired) electrons. The Morgan fingerprint density at radius 1 is 0.868 bits per heavy atom. The van der Waals surface area contributed by atoms with E-state index in [-0.39, 0.29) is 42.0 Å². The van der Waals surface area contributed by atoms with E-state index in [0.717, 1.165) is 0 Å². The Bertz CT molecular complexity index is 1950. The van der Waals surface area contributed by atoms with Crippen molar-refractivity contribution >= 4 is 46.7 Å². The van der Waals surface area contributed by atoms with Crippen molar-refractivity contribution in [2.75, 3.05) is 36.8 Å². The number of hydrogen-bond donors (Lipinski definition) is 5. The predicted octanol–water partition coefficient (Wildman–Crippen LogP) is 4.06. The Labute approximate surface area is 294 Å². The number of aliphatic carboxylic acids is 1. The summed E-state index contributed by atoms with van der Waals surface area (Å²) in [4.78, 5) is 61.0. The third-order valence-corrected chi connectivity index (χ3v) is 8.05. The maximum Gasteiger partial charge on any atom is 0.471 e. The van der Waals surface area contributed by atoms with Crippen molar-refractivity contribution in [1.82, 2.24) is 35.8 Å². The zero-order chi connectivity index (χ0) is 38.6. The summed E-state index contributed by atoms with van der Waals surface area (Å²) in [6, 6.07) is 9.46. The third kappa shape index (κ3) is 8.77. The number of carboxylic acid groups (broad SMARTS) is 1. The van der Waals surface area contributed by atoms with Crippen LogP contribution in [0.4, 0.5) is 49.6 Å². The van der Waals surface area contributed by atoms with Gasteiger partial charge < -0.3 is 35.4 Å². The first-order chi connectivity index (χ1) is 25.0. The summed E-state index contributed by atoms with van der Waals surface area (Å²) in [5, 5.41) is 26.7. The molecular weight excluding hydrogens is 724 g/mol. The number of carbonyl (C=O) groups is 4. The van der Waals surface area contributed by atoms with Crippen LogP contribution in [0, 0.1) is 0 Å². The van der Waals surface area contributed by atoms with Gasteiger partial charge in [0.05, 0.1) is 19.1 Å². The van der Waals surface area contributed by atoms with Crippen LogP contribution in [0.25, 0.3) is 0 Å². The average molecular weight is 754 g/mol. The number of alkyl halides is 6. The second kappa shape index (κ2) is 15.4. The number of carbonyl (C=O) groups excluding carboxylic acids is 3. The predicted molar refractivity (Wildman–Crippen MR) is 168 cm³/mol. The highest BCUT2D eigenvalue weighted by molar-refractivity contribution is 6.08. The van der Waals surface area contributed by atoms with Crippen molar-refractivity contribution in [3.8, 4) is 0 Å². The van der Waals surface area contributed by atoms with Gasteiger partial charge in [0.2, 0.25) is 0 Å². The quantitative estimate of drug-likeness (QED) is 0.0906. The van der Waals surface area contributed by atoms with Gasteiger partial charge in [-0.3, -0.25) is 24.1 Å². The summed E-state index contributed by atoms with van der Waals surface area (Å²) in [7, 11) is 0. The first kappa shape index (κ1) is 38.3.